The van der Waals surface area contributed by atoms with E-state index >= 15 is 0 Å². The first-order valence-electron chi connectivity index (χ1n) is 9.76. The van der Waals surface area contributed by atoms with Crippen molar-refractivity contribution in [3.63, 3.8) is 0 Å². The van der Waals surface area contributed by atoms with E-state index in [0.29, 0.717) is 13.1 Å². The molecule has 1 fully saturated rings. The van der Waals surface area contributed by atoms with Gasteiger partial charge in [-0.15, -0.1) is 0 Å². The predicted octanol–water partition coefficient (Wildman–Crippen LogP) is 2.28. The third kappa shape index (κ3) is 4.86. The third-order valence-corrected chi connectivity index (χ3v) is 5.32. The summed E-state index contributed by atoms with van der Waals surface area (Å²) in [6, 6.07) is 14.2. The Hall–Kier alpha value is -3.06. The lowest BCUT2D eigenvalue weighted by molar-refractivity contribution is -0.135. The maximum absolute atomic E-state index is 13.3. The molecule has 0 bridgehead atoms. The van der Waals surface area contributed by atoms with Crippen LogP contribution in [0.4, 0.5) is 4.79 Å². The average Bonchev–Trinajstić information content (AvgIpc) is 2.73. The number of piperazine rings is 1. The van der Waals surface area contributed by atoms with E-state index in [9.17, 15) is 9.59 Å². The van der Waals surface area contributed by atoms with Crippen molar-refractivity contribution < 1.29 is 14.3 Å². The van der Waals surface area contributed by atoms with Gasteiger partial charge in [0.2, 0.25) is 5.91 Å². The van der Waals surface area contributed by atoms with Crippen LogP contribution in [-0.4, -0.2) is 43.6 Å². The van der Waals surface area contributed by atoms with Gasteiger partial charge in [0.05, 0.1) is 25.6 Å². The quantitative estimate of drug-likeness (QED) is 0.698. The SMILES string of the molecule is COc1ccccc1C1CNCCN1C(=O)CC(NC(N)=O)c1ccccc1C. The molecular formula is C22H28N4O3. The van der Waals surface area contributed by atoms with Crippen molar-refractivity contribution in [3.05, 3.63) is 65.2 Å². The standard InChI is InChI=1S/C22H28N4O3/c1-15-7-3-4-8-16(15)18(25-22(23)28)13-21(27)26-12-11-24-14-19(26)17-9-5-6-10-20(17)29-2/h3-10,18-19,24H,11-14H2,1-2H3,(H3,23,25,28). The molecular weight excluding hydrogens is 368 g/mol. The molecule has 1 aliphatic rings. The van der Waals surface area contributed by atoms with Gasteiger partial charge >= 0.3 is 6.03 Å². The van der Waals surface area contributed by atoms with E-state index in [0.717, 1.165) is 29.0 Å². The monoisotopic (exact) mass is 396 g/mol. The van der Waals surface area contributed by atoms with Crippen LogP contribution in [0.1, 0.15) is 35.2 Å². The van der Waals surface area contributed by atoms with Gasteiger partial charge in [0.15, 0.2) is 0 Å². The number of primary amides is 1. The van der Waals surface area contributed by atoms with Crippen molar-refractivity contribution in [2.45, 2.75) is 25.4 Å². The first kappa shape index (κ1) is 20.7. The van der Waals surface area contributed by atoms with E-state index in [-0.39, 0.29) is 18.4 Å². The number of nitrogens with one attached hydrogen (secondary N) is 2. The number of benzene rings is 2. The number of carbonyl (C=O) groups is 2. The molecule has 7 heteroatoms. The lowest BCUT2D eigenvalue weighted by atomic mass is 9.96. The molecule has 0 aromatic heterocycles. The molecule has 1 saturated heterocycles. The summed E-state index contributed by atoms with van der Waals surface area (Å²) in [6.45, 7) is 3.90. The fourth-order valence-electron chi connectivity index (χ4n) is 3.90. The number of methoxy groups -OCH3 is 1. The van der Waals surface area contributed by atoms with Gasteiger partial charge in [-0.25, -0.2) is 4.79 Å². The van der Waals surface area contributed by atoms with Gasteiger partial charge in [-0.05, 0) is 24.1 Å². The second-order valence-electron chi connectivity index (χ2n) is 7.17. The Bertz CT molecular complexity index is 871. The van der Waals surface area contributed by atoms with Crippen LogP contribution in [0.3, 0.4) is 0 Å². The van der Waals surface area contributed by atoms with Crippen molar-refractivity contribution >= 4 is 11.9 Å². The average molecular weight is 396 g/mol. The highest BCUT2D eigenvalue weighted by Gasteiger charge is 2.31. The first-order valence-corrected chi connectivity index (χ1v) is 9.76. The Morgan fingerprint density at radius 3 is 2.69 bits per heavy atom. The minimum atomic E-state index is -0.646. The van der Waals surface area contributed by atoms with Crippen LogP contribution in [0.25, 0.3) is 0 Å². The molecule has 154 valence electrons. The van der Waals surface area contributed by atoms with Crippen molar-refractivity contribution in [1.82, 2.24) is 15.5 Å². The van der Waals surface area contributed by atoms with Crippen LogP contribution in [0, 0.1) is 6.92 Å². The third-order valence-electron chi connectivity index (χ3n) is 5.32. The normalized spacial score (nSPS) is 17.4. The molecule has 0 radical (unpaired) electrons. The Kier molecular flexibility index (Phi) is 6.72. The van der Waals surface area contributed by atoms with Gasteiger partial charge in [0.1, 0.15) is 5.75 Å². The molecule has 1 heterocycles. The van der Waals surface area contributed by atoms with Gasteiger partial charge in [-0.2, -0.15) is 0 Å². The minimum absolute atomic E-state index is 0.0376. The highest BCUT2D eigenvalue weighted by Crippen LogP contribution is 2.31. The van der Waals surface area contributed by atoms with Crippen molar-refractivity contribution in [2.75, 3.05) is 26.7 Å². The number of carbonyl (C=O) groups excluding carboxylic acids is 2. The molecule has 0 spiro atoms. The second kappa shape index (κ2) is 9.43. The highest BCUT2D eigenvalue weighted by molar-refractivity contribution is 5.79. The lowest BCUT2D eigenvalue weighted by Gasteiger charge is -2.38. The smallest absolute Gasteiger partial charge is 0.312 e. The van der Waals surface area contributed by atoms with E-state index in [2.05, 4.69) is 10.6 Å². The maximum Gasteiger partial charge on any atom is 0.312 e. The van der Waals surface area contributed by atoms with Crippen LogP contribution >= 0.6 is 0 Å². The fraction of sp³-hybridized carbons (Fsp3) is 0.364. The number of aryl methyl sites for hydroxylation is 1. The number of urea groups is 1. The largest absolute Gasteiger partial charge is 0.496 e. The molecule has 3 amide bonds. The van der Waals surface area contributed by atoms with Crippen LogP contribution < -0.4 is 21.1 Å². The number of nitrogens with zero attached hydrogens (tertiary/aromatic N) is 1. The summed E-state index contributed by atoms with van der Waals surface area (Å²) >= 11 is 0. The number of para-hydroxylation sites is 1. The molecule has 3 rings (SSSR count). The first-order chi connectivity index (χ1) is 14.0. The molecule has 2 unspecified atom stereocenters. The Balaban J connectivity index is 1.85. The summed E-state index contributed by atoms with van der Waals surface area (Å²) in [6.07, 6.45) is 0.138. The van der Waals surface area contributed by atoms with Crippen LogP contribution in [-0.2, 0) is 4.79 Å². The summed E-state index contributed by atoms with van der Waals surface area (Å²) in [5.74, 6) is 0.717. The molecule has 2 atom stereocenters. The number of amides is 3. The predicted molar refractivity (Wildman–Crippen MR) is 112 cm³/mol. The van der Waals surface area contributed by atoms with E-state index in [1.54, 1.807) is 7.11 Å². The second-order valence-corrected chi connectivity index (χ2v) is 7.17. The molecule has 1 aliphatic heterocycles. The molecule has 7 nitrogen and oxygen atoms in total. The van der Waals surface area contributed by atoms with Gasteiger partial charge in [-0.3, -0.25) is 4.79 Å². The molecule has 0 saturated carbocycles. The highest BCUT2D eigenvalue weighted by atomic mass is 16.5. The van der Waals surface area contributed by atoms with Gasteiger partial charge in [0, 0.05) is 25.2 Å². The van der Waals surface area contributed by atoms with Gasteiger partial charge in [-0.1, -0.05) is 42.5 Å². The Labute approximate surface area is 171 Å². The summed E-state index contributed by atoms with van der Waals surface area (Å²) in [5, 5.41) is 6.09. The molecule has 2 aromatic rings. The maximum atomic E-state index is 13.3. The van der Waals surface area contributed by atoms with Crippen molar-refractivity contribution in [1.29, 1.82) is 0 Å². The van der Waals surface area contributed by atoms with E-state index in [1.165, 1.54) is 0 Å². The zero-order valence-corrected chi connectivity index (χ0v) is 16.9. The Morgan fingerprint density at radius 1 is 1.24 bits per heavy atom. The summed E-state index contributed by atoms with van der Waals surface area (Å²) in [7, 11) is 1.63. The number of ether oxygens (including phenoxy) is 1. The topological polar surface area (TPSA) is 96.7 Å². The number of hydrogen-bond donors (Lipinski definition) is 3. The summed E-state index contributed by atoms with van der Waals surface area (Å²) < 4.78 is 5.51. The number of hydrogen-bond acceptors (Lipinski definition) is 4. The van der Waals surface area contributed by atoms with Gasteiger partial charge < -0.3 is 26.0 Å². The van der Waals surface area contributed by atoms with Crippen LogP contribution in [0.15, 0.2) is 48.5 Å². The van der Waals surface area contributed by atoms with Crippen molar-refractivity contribution in [2.24, 2.45) is 5.73 Å². The lowest BCUT2D eigenvalue weighted by Crippen LogP contribution is -2.49. The van der Waals surface area contributed by atoms with Crippen molar-refractivity contribution in [3.8, 4) is 5.75 Å². The van der Waals surface area contributed by atoms with Crippen LogP contribution in [0.2, 0.25) is 0 Å². The van der Waals surface area contributed by atoms with E-state index < -0.39 is 12.1 Å². The fourth-order valence-corrected chi connectivity index (χ4v) is 3.90. The van der Waals surface area contributed by atoms with E-state index in [1.807, 2.05) is 60.4 Å². The molecule has 2 aromatic carbocycles. The summed E-state index contributed by atoms with van der Waals surface area (Å²) in [4.78, 5) is 26.8. The van der Waals surface area contributed by atoms with Crippen LogP contribution in [0.5, 0.6) is 5.75 Å². The Morgan fingerprint density at radius 2 is 1.97 bits per heavy atom. The zero-order valence-electron chi connectivity index (χ0n) is 16.9. The number of nitrogens with two attached hydrogens (primary N) is 1. The molecule has 0 aliphatic carbocycles. The number of rotatable bonds is 6. The summed E-state index contributed by atoms with van der Waals surface area (Å²) in [5.41, 5.74) is 8.25. The zero-order chi connectivity index (χ0) is 20.8. The van der Waals surface area contributed by atoms with E-state index in [4.69, 9.17) is 10.5 Å². The molecule has 4 N–H and O–H groups in total. The minimum Gasteiger partial charge on any atom is -0.496 e. The molecule has 29 heavy (non-hydrogen) atoms. The van der Waals surface area contributed by atoms with Gasteiger partial charge in [0.25, 0.3) is 0 Å².